The van der Waals surface area contributed by atoms with Crippen LogP contribution in [0.25, 0.3) is 0 Å². The van der Waals surface area contributed by atoms with Crippen LogP contribution in [0.3, 0.4) is 0 Å². The van der Waals surface area contributed by atoms with E-state index in [9.17, 15) is 13.6 Å². The van der Waals surface area contributed by atoms with Crippen molar-refractivity contribution < 1.29 is 13.6 Å². The summed E-state index contributed by atoms with van der Waals surface area (Å²) in [6.07, 6.45) is 0. The highest BCUT2D eigenvalue weighted by molar-refractivity contribution is 6.33. The SMILES string of the molecule is O=C(CNc1c(F)cccc1F)Nc1ccccc1Cl. The van der Waals surface area contributed by atoms with Gasteiger partial charge in [-0.1, -0.05) is 29.8 Å². The van der Waals surface area contributed by atoms with Crippen LogP contribution in [-0.2, 0) is 4.79 Å². The van der Waals surface area contributed by atoms with Crippen molar-refractivity contribution in [2.75, 3.05) is 17.2 Å². The normalized spacial score (nSPS) is 10.2. The third-order valence-corrected chi connectivity index (χ3v) is 2.87. The van der Waals surface area contributed by atoms with Crippen molar-refractivity contribution in [2.24, 2.45) is 0 Å². The molecule has 0 aliphatic carbocycles. The van der Waals surface area contributed by atoms with Crippen LogP contribution in [0, 0.1) is 11.6 Å². The number of halogens is 3. The Morgan fingerprint density at radius 2 is 1.70 bits per heavy atom. The Morgan fingerprint density at radius 3 is 2.35 bits per heavy atom. The molecule has 2 aromatic carbocycles. The van der Waals surface area contributed by atoms with Gasteiger partial charge in [-0.2, -0.15) is 0 Å². The van der Waals surface area contributed by atoms with Gasteiger partial charge in [-0.05, 0) is 24.3 Å². The van der Waals surface area contributed by atoms with Gasteiger partial charge in [-0.3, -0.25) is 4.79 Å². The molecule has 0 aliphatic heterocycles. The molecule has 0 unspecified atom stereocenters. The second-order valence-corrected chi connectivity index (χ2v) is 4.39. The minimum Gasteiger partial charge on any atom is -0.371 e. The molecule has 2 aromatic rings. The first-order valence-electron chi connectivity index (χ1n) is 5.80. The van der Waals surface area contributed by atoms with Crippen LogP contribution in [0.5, 0.6) is 0 Å². The fourth-order valence-corrected chi connectivity index (χ4v) is 1.78. The minimum absolute atomic E-state index is 0.275. The van der Waals surface area contributed by atoms with Gasteiger partial charge in [0.25, 0.3) is 0 Å². The maximum Gasteiger partial charge on any atom is 0.243 e. The molecule has 104 valence electrons. The van der Waals surface area contributed by atoms with Gasteiger partial charge in [-0.25, -0.2) is 8.78 Å². The number of carbonyl (C=O) groups is 1. The maximum absolute atomic E-state index is 13.3. The van der Waals surface area contributed by atoms with Gasteiger partial charge in [0, 0.05) is 0 Å². The Kier molecular flexibility index (Phi) is 4.53. The highest BCUT2D eigenvalue weighted by atomic mass is 35.5. The average molecular weight is 297 g/mol. The van der Waals surface area contributed by atoms with E-state index in [1.807, 2.05) is 0 Å². The Bertz CT molecular complexity index is 614. The summed E-state index contributed by atoms with van der Waals surface area (Å²) in [6, 6.07) is 10.2. The van der Waals surface area contributed by atoms with Crippen molar-refractivity contribution in [3.8, 4) is 0 Å². The number of hydrogen-bond acceptors (Lipinski definition) is 2. The quantitative estimate of drug-likeness (QED) is 0.904. The molecular formula is C14H11ClF2N2O. The fourth-order valence-electron chi connectivity index (χ4n) is 1.59. The molecule has 2 N–H and O–H groups in total. The Balaban J connectivity index is 1.98. The predicted octanol–water partition coefficient (Wildman–Crippen LogP) is 3.67. The summed E-state index contributed by atoms with van der Waals surface area (Å²) >= 11 is 5.88. The number of benzene rings is 2. The van der Waals surface area contributed by atoms with E-state index >= 15 is 0 Å². The third kappa shape index (κ3) is 3.45. The number of nitrogens with one attached hydrogen (secondary N) is 2. The predicted molar refractivity (Wildman–Crippen MR) is 74.9 cm³/mol. The molecule has 0 aromatic heterocycles. The van der Waals surface area contributed by atoms with Crippen LogP contribution in [0.4, 0.5) is 20.2 Å². The van der Waals surface area contributed by atoms with Crippen molar-refractivity contribution in [1.82, 2.24) is 0 Å². The number of hydrogen-bond donors (Lipinski definition) is 2. The van der Waals surface area contributed by atoms with Gasteiger partial charge in [0.05, 0.1) is 17.3 Å². The molecule has 0 saturated heterocycles. The van der Waals surface area contributed by atoms with Crippen molar-refractivity contribution in [3.05, 3.63) is 59.1 Å². The first-order chi connectivity index (χ1) is 9.58. The Hall–Kier alpha value is -2.14. The summed E-state index contributed by atoms with van der Waals surface area (Å²) in [6.45, 7) is -0.275. The second-order valence-electron chi connectivity index (χ2n) is 3.98. The van der Waals surface area contributed by atoms with Crippen LogP contribution in [-0.4, -0.2) is 12.5 Å². The van der Waals surface area contributed by atoms with Gasteiger partial charge in [-0.15, -0.1) is 0 Å². The first-order valence-corrected chi connectivity index (χ1v) is 6.18. The standard InChI is InChI=1S/C14H11ClF2N2O/c15-9-4-1-2-7-12(9)19-13(20)8-18-14-10(16)5-3-6-11(14)17/h1-7,18H,8H2,(H,19,20). The summed E-state index contributed by atoms with van der Waals surface area (Å²) in [4.78, 5) is 11.7. The highest BCUT2D eigenvalue weighted by Crippen LogP contribution is 2.21. The lowest BCUT2D eigenvalue weighted by Crippen LogP contribution is -2.22. The molecule has 3 nitrogen and oxygen atoms in total. The zero-order valence-electron chi connectivity index (χ0n) is 10.3. The number of rotatable bonds is 4. The lowest BCUT2D eigenvalue weighted by Gasteiger charge is -2.10. The second kappa shape index (κ2) is 6.34. The van der Waals surface area contributed by atoms with E-state index in [1.54, 1.807) is 24.3 Å². The van der Waals surface area contributed by atoms with Crippen LogP contribution < -0.4 is 10.6 Å². The van der Waals surface area contributed by atoms with Crippen LogP contribution >= 0.6 is 11.6 Å². The maximum atomic E-state index is 13.3. The monoisotopic (exact) mass is 296 g/mol. The molecule has 0 fully saturated rings. The summed E-state index contributed by atoms with van der Waals surface area (Å²) < 4.78 is 26.7. The summed E-state index contributed by atoms with van der Waals surface area (Å²) in [5, 5.41) is 5.34. The van der Waals surface area contributed by atoms with Crippen molar-refractivity contribution >= 4 is 28.9 Å². The molecule has 0 radical (unpaired) electrons. The van der Waals surface area contributed by atoms with Crippen LogP contribution in [0.2, 0.25) is 5.02 Å². The van der Waals surface area contributed by atoms with Crippen LogP contribution in [0.1, 0.15) is 0 Å². The molecule has 0 atom stereocenters. The Labute approximate surface area is 119 Å². The zero-order valence-corrected chi connectivity index (χ0v) is 11.0. The summed E-state index contributed by atoms with van der Waals surface area (Å²) in [5.41, 5.74) is 0.108. The molecule has 0 saturated carbocycles. The number of para-hydroxylation sites is 2. The fraction of sp³-hybridized carbons (Fsp3) is 0.0714. The van der Waals surface area contributed by atoms with E-state index < -0.39 is 17.5 Å². The van der Waals surface area contributed by atoms with E-state index in [2.05, 4.69) is 10.6 Å². The van der Waals surface area contributed by atoms with E-state index in [0.29, 0.717) is 10.7 Å². The van der Waals surface area contributed by atoms with E-state index in [-0.39, 0.29) is 12.2 Å². The molecule has 0 aliphatic rings. The summed E-state index contributed by atoms with van der Waals surface area (Å²) in [5.74, 6) is -1.97. The largest absolute Gasteiger partial charge is 0.371 e. The van der Waals surface area contributed by atoms with Gasteiger partial charge in [0.1, 0.15) is 17.3 Å². The number of amides is 1. The topological polar surface area (TPSA) is 41.1 Å². The smallest absolute Gasteiger partial charge is 0.243 e. The molecule has 0 bridgehead atoms. The molecule has 1 amide bonds. The average Bonchev–Trinajstić information content (AvgIpc) is 2.41. The highest BCUT2D eigenvalue weighted by Gasteiger charge is 2.10. The van der Waals surface area contributed by atoms with E-state index in [1.165, 1.54) is 6.07 Å². The van der Waals surface area contributed by atoms with Gasteiger partial charge in [0.2, 0.25) is 5.91 Å². The molecule has 0 heterocycles. The third-order valence-electron chi connectivity index (χ3n) is 2.54. The molecule has 2 rings (SSSR count). The van der Waals surface area contributed by atoms with E-state index in [0.717, 1.165) is 12.1 Å². The number of carbonyl (C=O) groups excluding carboxylic acids is 1. The molecule has 0 spiro atoms. The molecular weight excluding hydrogens is 286 g/mol. The van der Waals surface area contributed by atoms with E-state index in [4.69, 9.17) is 11.6 Å². The van der Waals surface area contributed by atoms with Crippen LogP contribution in [0.15, 0.2) is 42.5 Å². The van der Waals surface area contributed by atoms with Crippen molar-refractivity contribution in [1.29, 1.82) is 0 Å². The van der Waals surface area contributed by atoms with Crippen molar-refractivity contribution in [2.45, 2.75) is 0 Å². The molecule has 20 heavy (non-hydrogen) atoms. The number of anilines is 2. The summed E-state index contributed by atoms with van der Waals surface area (Å²) in [7, 11) is 0. The minimum atomic E-state index is -0.754. The lowest BCUT2D eigenvalue weighted by molar-refractivity contribution is -0.114. The van der Waals surface area contributed by atoms with Crippen molar-refractivity contribution in [3.63, 3.8) is 0 Å². The Morgan fingerprint density at radius 1 is 1.05 bits per heavy atom. The lowest BCUT2D eigenvalue weighted by atomic mass is 10.3. The van der Waals surface area contributed by atoms with Gasteiger partial charge in [0.15, 0.2) is 0 Å². The zero-order chi connectivity index (χ0) is 14.5. The van der Waals surface area contributed by atoms with Gasteiger partial charge < -0.3 is 10.6 Å². The molecule has 6 heteroatoms. The van der Waals surface area contributed by atoms with Gasteiger partial charge >= 0.3 is 0 Å². The first kappa shape index (κ1) is 14.3.